The molecule has 0 saturated heterocycles. The van der Waals surface area contributed by atoms with Crippen LogP contribution in [0.1, 0.15) is 37.3 Å². The van der Waals surface area contributed by atoms with Crippen molar-refractivity contribution in [1.29, 1.82) is 0 Å². The molecule has 1 fully saturated rings. The van der Waals surface area contributed by atoms with Crippen molar-refractivity contribution in [2.75, 3.05) is 10.8 Å². The van der Waals surface area contributed by atoms with Crippen molar-refractivity contribution in [2.24, 2.45) is 0 Å². The third-order valence-electron chi connectivity index (χ3n) is 5.86. The number of aromatic nitrogens is 2. The summed E-state index contributed by atoms with van der Waals surface area (Å²) in [5, 5.41) is 4.77. The molecule has 5 rings (SSSR count). The monoisotopic (exact) mass is 393 g/mol. The highest BCUT2D eigenvalue weighted by Crippen LogP contribution is 2.37. The van der Waals surface area contributed by atoms with E-state index in [1.165, 1.54) is 12.8 Å². The van der Waals surface area contributed by atoms with Crippen LogP contribution in [0.4, 0.5) is 5.69 Å². The number of rotatable bonds is 4. The molecule has 5 nitrogen and oxygen atoms in total. The SMILES string of the molecule is O=S(=O)(c1cn(C2CCCC2)nc1-c1ccccc1)N1CCc2ccccc21. The molecule has 144 valence electrons. The second-order valence-corrected chi connectivity index (χ2v) is 9.41. The first-order valence-corrected chi connectivity index (χ1v) is 11.3. The Labute approximate surface area is 165 Å². The molecule has 6 heteroatoms. The van der Waals surface area contributed by atoms with Crippen LogP contribution in [-0.2, 0) is 16.4 Å². The standard InChI is InChI=1S/C22H23N3O2S/c26-28(27,25-15-14-17-8-4-7-13-20(17)25)21-16-24(19-11-5-6-12-19)23-22(21)18-9-2-1-3-10-18/h1-4,7-10,13,16,19H,5-6,11-12,14-15H2. The molecule has 1 saturated carbocycles. The van der Waals surface area contributed by atoms with E-state index < -0.39 is 10.0 Å². The Kier molecular flexibility index (Phi) is 4.23. The van der Waals surface area contributed by atoms with Crippen molar-refractivity contribution < 1.29 is 8.42 Å². The van der Waals surface area contributed by atoms with Gasteiger partial charge in [-0.15, -0.1) is 0 Å². The lowest BCUT2D eigenvalue weighted by Gasteiger charge is -2.19. The van der Waals surface area contributed by atoms with Crippen LogP contribution >= 0.6 is 0 Å². The summed E-state index contributed by atoms with van der Waals surface area (Å²) in [5.41, 5.74) is 3.26. The Morgan fingerprint density at radius 2 is 1.64 bits per heavy atom. The van der Waals surface area contributed by atoms with Gasteiger partial charge >= 0.3 is 0 Å². The Hall–Kier alpha value is -2.60. The third-order valence-corrected chi connectivity index (χ3v) is 7.67. The molecule has 3 aromatic rings. The first-order chi connectivity index (χ1) is 13.6. The average molecular weight is 394 g/mol. The minimum Gasteiger partial charge on any atom is -0.268 e. The number of hydrogen-bond donors (Lipinski definition) is 0. The fourth-order valence-electron chi connectivity index (χ4n) is 4.39. The van der Waals surface area contributed by atoms with Crippen molar-refractivity contribution in [2.45, 2.75) is 43.0 Å². The van der Waals surface area contributed by atoms with Crippen molar-refractivity contribution in [3.8, 4) is 11.3 Å². The molecule has 0 atom stereocenters. The van der Waals surface area contributed by atoms with E-state index in [0.717, 1.165) is 36.1 Å². The van der Waals surface area contributed by atoms with Gasteiger partial charge in [0.1, 0.15) is 10.6 Å². The molecular weight excluding hydrogens is 370 g/mol. The first kappa shape index (κ1) is 17.5. The first-order valence-electron chi connectivity index (χ1n) is 9.90. The van der Waals surface area contributed by atoms with Gasteiger partial charge in [-0.05, 0) is 30.9 Å². The highest BCUT2D eigenvalue weighted by atomic mass is 32.2. The predicted octanol–water partition coefficient (Wildman–Crippen LogP) is 4.42. The van der Waals surface area contributed by atoms with Crippen LogP contribution in [0.25, 0.3) is 11.3 Å². The minimum absolute atomic E-state index is 0.289. The highest BCUT2D eigenvalue weighted by Gasteiger charge is 2.35. The highest BCUT2D eigenvalue weighted by molar-refractivity contribution is 7.93. The zero-order valence-corrected chi connectivity index (χ0v) is 16.5. The Bertz CT molecular complexity index is 1100. The fraction of sp³-hybridized carbons (Fsp3) is 0.318. The maximum Gasteiger partial charge on any atom is 0.268 e. The molecule has 2 aliphatic rings. The summed E-state index contributed by atoms with van der Waals surface area (Å²) < 4.78 is 30.8. The topological polar surface area (TPSA) is 55.2 Å². The van der Waals surface area contributed by atoms with Gasteiger partial charge in [-0.25, -0.2) is 8.42 Å². The largest absolute Gasteiger partial charge is 0.268 e. The zero-order chi connectivity index (χ0) is 19.1. The normalized spacial score (nSPS) is 17.2. The van der Waals surface area contributed by atoms with Gasteiger partial charge in [-0.1, -0.05) is 61.4 Å². The number of anilines is 1. The van der Waals surface area contributed by atoms with E-state index in [1.54, 1.807) is 10.5 Å². The van der Waals surface area contributed by atoms with Crippen molar-refractivity contribution in [1.82, 2.24) is 9.78 Å². The number of fused-ring (bicyclic) bond motifs is 1. The number of sulfonamides is 1. The van der Waals surface area contributed by atoms with Gasteiger partial charge in [-0.3, -0.25) is 8.99 Å². The molecule has 2 aromatic carbocycles. The van der Waals surface area contributed by atoms with Crippen LogP contribution in [0.15, 0.2) is 65.7 Å². The molecule has 1 aliphatic heterocycles. The van der Waals surface area contributed by atoms with Crippen LogP contribution < -0.4 is 4.31 Å². The lowest BCUT2D eigenvalue weighted by molar-refractivity contribution is 0.467. The van der Waals surface area contributed by atoms with E-state index in [2.05, 4.69) is 0 Å². The maximum absolute atomic E-state index is 13.7. The number of nitrogens with zero attached hydrogens (tertiary/aromatic N) is 3. The molecule has 1 aliphatic carbocycles. The van der Waals surface area contributed by atoms with E-state index >= 15 is 0 Å². The van der Waals surface area contributed by atoms with Crippen LogP contribution in [0.3, 0.4) is 0 Å². The Balaban J connectivity index is 1.64. The molecule has 0 radical (unpaired) electrons. The van der Waals surface area contributed by atoms with E-state index in [4.69, 9.17) is 5.10 Å². The fourth-order valence-corrected chi connectivity index (χ4v) is 6.04. The summed E-state index contributed by atoms with van der Waals surface area (Å²) in [6.07, 6.45) is 6.96. The van der Waals surface area contributed by atoms with Crippen molar-refractivity contribution in [3.05, 3.63) is 66.4 Å². The van der Waals surface area contributed by atoms with Crippen LogP contribution in [0.5, 0.6) is 0 Å². The van der Waals surface area contributed by atoms with Crippen molar-refractivity contribution in [3.63, 3.8) is 0 Å². The summed E-state index contributed by atoms with van der Waals surface area (Å²) in [4.78, 5) is 0.308. The van der Waals surface area contributed by atoms with E-state index in [9.17, 15) is 8.42 Å². The summed E-state index contributed by atoms with van der Waals surface area (Å²) in [7, 11) is -3.69. The van der Waals surface area contributed by atoms with Gasteiger partial charge in [0.25, 0.3) is 10.0 Å². The van der Waals surface area contributed by atoms with Crippen LogP contribution in [0, 0.1) is 0 Å². The number of hydrogen-bond acceptors (Lipinski definition) is 3. The minimum atomic E-state index is -3.69. The summed E-state index contributed by atoms with van der Waals surface area (Å²) >= 11 is 0. The Morgan fingerprint density at radius 3 is 2.43 bits per heavy atom. The molecule has 0 unspecified atom stereocenters. The summed E-state index contributed by atoms with van der Waals surface area (Å²) in [6, 6.07) is 17.7. The number of benzene rings is 2. The summed E-state index contributed by atoms with van der Waals surface area (Å²) in [6.45, 7) is 0.477. The van der Waals surface area contributed by atoms with Crippen LogP contribution in [0.2, 0.25) is 0 Å². The second kappa shape index (κ2) is 6.78. The van der Waals surface area contributed by atoms with Gasteiger partial charge in [0, 0.05) is 18.3 Å². The van der Waals surface area contributed by atoms with E-state index in [0.29, 0.717) is 17.1 Å². The lowest BCUT2D eigenvalue weighted by atomic mass is 10.2. The van der Waals surface area contributed by atoms with Gasteiger partial charge in [0.15, 0.2) is 0 Å². The predicted molar refractivity (Wildman–Crippen MR) is 110 cm³/mol. The van der Waals surface area contributed by atoms with Gasteiger partial charge in [-0.2, -0.15) is 5.10 Å². The van der Waals surface area contributed by atoms with Gasteiger partial charge in [0.2, 0.25) is 0 Å². The number of para-hydroxylation sites is 1. The smallest absolute Gasteiger partial charge is 0.268 e. The second-order valence-electron chi connectivity index (χ2n) is 7.58. The molecule has 28 heavy (non-hydrogen) atoms. The molecule has 0 bridgehead atoms. The molecular formula is C22H23N3O2S. The van der Waals surface area contributed by atoms with Gasteiger partial charge < -0.3 is 0 Å². The molecule has 0 N–H and O–H groups in total. The van der Waals surface area contributed by atoms with E-state index in [-0.39, 0.29) is 6.04 Å². The third kappa shape index (κ3) is 2.83. The Morgan fingerprint density at radius 1 is 0.929 bits per heavy atom. The van der Waals surface area contributed by atoms with Crippen molar-refractivity contribution >= 4 is 15.7 Å². The zero-order valence-electron chi connectivity index (χ0n) is 15.7. The molecule has 1 aromatic heterocycles. The lowest BCUT2D eigenvalue weighted by Crippen LogP contribution is -2.29. The maximum atomic E-state index is 13.7. The quantitative estimate of drug-likeness (QED) is 0.659. The molecule has 0 spiro atoms. The average Bonchev–Trinajstić information content (AvgIpc) is 3.47. The van der Waals surface area contributed by atoms with Gasteiger partial charge in [0.05, 0.1) is 11.7 Å². The summed E-state index contributed by atoms with van der Waals surface area (Å²) in [5.74, 6) is 0. The molecule has 2 heterocycles. The molecule has 0 amide bonds. The van der Waals surface area contributed by atoms with Crippen LogP contribution in [-0.4, -0.2) is 24.7 Å². The van der Waals surface area contributed by atoms with E-state index in [1.807, 2.05) is 59.3 Å².